The van der Waals surface area contributed by atoms with Crippen LogP contribution >= 0.6 is 24.8 Å². The Balaban J connectivity index is 0.00000182. The van der Waals surface area contributed by atoms with E-state index in [2.05, 4.69) is 10.3 Å². The van der Waals surface area contributed by atoms with Gasteiger partial charge in [-0.2, -0.15) is 0 Å². The Morgan fingerprint density at radius 3 is 2.52 bits per heavy atom. The normalized spacial score (nSPS) is 18.1. The summed E-state index contributed by atoms with van der Waals surface area (Å²) in [5, 5.41) is 2.90. The molecule has 1 fully saturated rings. The van der Waals surface area contributed by atoms with E-state index in [1.165, 1.54) is 12.1 Å². The highest BCUT2D eigenvalue weighted by atomic mass is 35.5. The predicted octanol–water partition coefficient (Wildman–Crippen LogP) is 3.99. The number of halogens is 3. The number of nitrogens with zero attached hydrogens (tertiary/aromatic N) is 1. The molecule has 5 nitrogen and oxygen atoms in total. The summed E-state index contributed by atoms with van der Waals surface area (Å²) in [6, 6.07) is 9.45. The Morgan fingerprint density at radius 1 is 1.19 bits per heavy atom. The molecule has 1 aliphatic rings. The molecule has 2 aromatic rings. The van der Waals surface area contributed by atoms with E-state index in [0.717, 1.165) is 24.8 Å². The van der Waals surface area contributed by atoms with Gasteiger partial charge < -0.3 is 15.8 Å². The molecule has 0 spiro atoms. The fourth-order valence-electron chi connectivity index (χ4n) is 3.03. The molecule has 148 valence electrons. The van der Waals surface area contributed by atoms with Gasteiger partial charge >= 0.3 is 0 Å². The third-order valence-electron chi connectivity index (χ3n) is 4.49. The minimum atomic E-state index is -0.315. The highest BCUT2D eigenvalue weighted by Crippen LogP contribution is 2.26. The molecule has 1 heterocycles. The molecule has 0 saturated heterocycles. The number of carbonyl (C=O) groups excluding carboxylic acids is 1. The second kappa shape index (κ2) is 11.1. The maximum Gasteiger partial charge on any atom is 0.220 e. The highest BCUT2D eigenvalue weighted by Gasteiger charge is 2.25. The van der Waals surface area contributed by atoms with Gasteiger partial charge in [0, 0.05) is 31.3 Å². The SMILES string of the molecule is Cl.Cl.N[C@@H]1CCC[C@H]1CC(=O)NCc1ccc(Oc2ccc(F)cc2)nc1. The summed E-state index contributed by atoms with van der Waals surface area (Å²) >= 11 is 0. The smallest absolute Gasteiger partial charge is 0.220 e. The van der Waals surface area contributed by atoms with Crippen LogP contribution in [-0.2, 0) is 11.3 Å². The number of rotatable bonds is 6. The Kier molecular flexibility index (Phi) is 9.49. The summed E-state index contributed by atoms with van der Waals surface area (Å²) in [5.74, 6) is 0.935. The predicted molar refractivity (Wildman–Crippen MR) is 107 cm³/mol. The van der Waals surface area contributed by atoms with E-state index in [0.29, 0.717) is 30.5 Å². The third kappa shape index (κ3) is 6.97. The molecule has 1 amide bonds. The van der Waals surface area contributed by atoms with Crippen LogP contribution in [0.2, 0.25) is 0 Å². The van der Waals surface area contributed by atoms with Crippen molar-refractivity contribution in [1.82, 2.24) is 10.3 Å². The molecule has 1 aliphatic carbocycles. The molecular formula is C19H24Cl2FN3O2. The van der Waals surface area contributed by atoms with Crippen LogP contribution in [0.4, 0.5) is 4.39 Å². The first kappa shape index (κ1) is 23.1. The van der Waals surface area contributed by atoms with Crippen molar-refractivity contribution in [2.24, 2.45) is 11.7 Å². The average Bonchev–Trinajstić information content (AvgIpc) is 3.01. The lowest BCUT2D eigenvalue weighted by molar-refractivity contribution is -0.122. The highest BCUT2D eigenvalue weighted by molar-refractivity contribution is 5.85. The quantitative estimate of drug-likeness (QED) is 0.747. The van der Waals surface area contributed by atoms with E-state index < -0.39 is 0 Å². The molecule has 3 N–H and O–H groups in total. The topological polar surface area (TPSA) is 77.2 Å². The van der Waals surface area contributed by atoms with Crippen LogP contribution in [0.5, 0.6) is 11.6 Å². The minimum absolute atomic E-state index is 0. The first-order chi connectivity index (χ1) is 12.1. The van der Waals surface area contributed by atoms with Crippen LogP contribution in [-0.4, -0.2) is 16.9 Å². The summed E-state index contributed by atoms with van der Waals surface area (Å²) in [6.45, 7) is 0.421. The van der Waals surface area contributed by atoms with E-state index in [-0.39, 0.29) is 42.6 Å². The molecule has 0 bridgehead atoms. The van der Waals surface area contributed by atoms with E-state index in [4.69, 9.17) is 10.5 Å². The number of benzene rings is 1. The second-order valence-electron chi connectivity index (χ2n) is 6.40. The Hall–Kier alpha value is -1.89. The van der Waals surface area contributed by atoms with Crippen LogP contribution in [0.3, 0.4) is 0 Å². The van der Waals surface area contributed by atoms with Crippen LogP contribution < -0.4 is 15.8 Å². The van der Waals surface area contributed by atoms with E-state index in [1.807, 2.05) is 6.07 Å². The number of aromatic nitrogens is 1. The van der Waals surface area contributed by atoms with Gasteiger partial charge in [-0.15, -0.1) is 24.8 Å². The molecule has 27 heavy (non-hydrogen) atoms. The average molecular weight is 416 g/mol. The molecule has 1 aromatic heterocycles. The number of nitrogens with two attached hydrogens (primary N) is 1. The zero-order chi connectivity index (χ0) is 17.6. The molecule has 8 heteroatoms. The lowest BCUT2D eigenvalue weighted by atomic mass is 10.00. The number of carbonyl (C=O) groups is 1. The maximum atomic E-state index is 12.9. The first-order valence-corrected chi connectivity index (χ1v) is 8.51. The van der Waals surface area contributed by atoms with Gasteiger partial charge in [-0.3, -0.25) is 4.79 Å². The van der Waals surface area contributed by atoms with Gasteiger partial charge in [-0.25, -0.2) is 9.37 Å². The number of hydrogen-bond acceptors (Lipinski definition) is 4. The van der Waals surface area contributed by atoms with Crippen LogP contribution in [0.25, 0.3) is 0 Å². The van der Waals surface area contributed by atoms with Crippen LogP contribution in [0.1, 0.15) is 31.2 Å². The van der Waals surface area contributed by atoms with Gasteiger partial charge in [0.15, 0.2) is 0 Å². The second-order valence-corrected chi connectivity index (χ2v) is 6.40. The van der Waals surface area contributed by atoms with Crippen molar-refractivity contribution in [1.29, 1.82) is 0 Å². The Labute approximate surface area is 170 Å². The number of hydrogen-bond donors (Lipinski definition) is 2. The largest absolute Gasteiger partial charge is 0.439 e. The number of pyridine rings is 1. The van der Waals surface area contributed by atoms with Crippen molar-refractivity contribution >= 4 is 30.7 Å². The van der Waals surface area contributed by atoms with Gasteiger partial charge in [0.05, 0.1) is 0 Å². The number of ether oxygens (including phenoxy) is 1. The molecular weight excluding hydrogens is 392 g/mol. The minimum Gasteiger partial charge on any atom is -0.439 e. The Bertz CT molecular complexity index is 714. The molecule has 3 rings (SSSR count). The lowest BCUT2D eigenvalue weighted by Gasteiger charge is -2.14. The monoisotopic (exact) mass is 415 g/mol. The van der Waals surface area contributed by atoms with E-state index >= 15 is 0 Å². The van der Waals surface area contributed by atoms with Gasteiger partial charge in [0.2, 0.25) is 11.8 Å². The zero-order valence-corrected chi connectivity index (χ0v) is 16.4. The van der Waals surface area contributed by atoms with Gasteiger partial charge in [0.1, 0.15) is 11.6 Å². The van der Waals surface area contributed by atoms with Crippen molar-refractivity contribution in [2.75, 3.05) is 0 Å². The van der Waals surface area contributed by atoms with Crippen molar-refractivity contribution in [3.63, 3.8) is 0 Å². The van der Waals surface area contributed by atoms with Crippen molar-refractivity contribution in [3.8, 4) is 11.6 Å². The zero-order valence-electron chi connectivity index (χ0n) is 14.8. The number of amides is 1. The first-order valence-electron chi connectivity index (χ1n) is 8.51. The fourth-order valence-corrected chi connectivity index (χ4v) is 3.03. The summed E-state index contributed by atoms with van der Waals surface area (Å²) in [4.78, 5) is 16.2. The van der Waals surface area contributed by atoms with Gasteiger partial charge in [0.25, 0.3) is 0 Å². The van der Waals surface area contributed by atoms with Gasteiger partial charge in [-0.05, 0) is 48.6 Å². The summed E-state index contributed by atoms with van der Waals surface area (Å²) < 4.78 is 18.4. The molecule has 0 unspecified atom stereocenters. The van der Waals surface area contributed by atoms with Crippen molar-refractivity contribution in [2.45, 2.75) is 38.3 Å². The fraction of sp³-hybridized carbons (Fsp3) is 0.368. The molecule has 0 aliphatic heterocycles. The van der Waals surface area contributed by atoms with Crippen LogP contribution in [0.15, 0.2) is 42.6 Å². The summed E-state index contributed by atoms with van der Waals surface area (Å²) in [5.41, 5.74) is 6.88. The van der Waals surface area contributed by atoms with Gasteiger partial charge in [-0.1, -0.05) is 12.5 Å². The Morgan fingerprint density at radius 2 is 1.93 bits per heavy atom. The maximum absolute atomic E-state index is 12.9. The third-order valence-corrected chi connectivity index (χ3v) is 4.49. The standard InChI is InChI=1S/C19H22FN3O2.2ClH/c20-15-5-7-16(8-6-15)25-19-9-4-13(12-23-19)11-22-18(24)10-14-2-1-3-17(14)21;;/h4-9,12,14,17H,1-3,10-11,21H2,(H,22,24);2*1H/t14-,17+;;/m0../s1. The molecule has 1 saturated carbocycles. The van der Waals surface area contributed by atoms with Crippen molar-refractivity contribution < 1.29 is 13.9 Å². The van der Waals surface area contributed by atoms with Crippen molar-refractivity contribution in [3.05, 3.63) is 54.0 Å². The summed E-state index contributed by atoms with van der Waals surface area (Å²) in [6.07, 6.45) is 5.29. The molecule has 2 atom stereocenters. The lowest BCUT2D eigenvalue weighted by Crippen LogP contribution is -2.31. The summed E-state index contributed by atoms with van der Waals surface area (Å²) in [7, 11) is 0. The van der Waals surface area contributed by atoms with Crippen LogP contribution in [0, 0.1) is 11.7 Å². The van der Waals surface area contributed by atoms with E-state index in [1.54, 1.807) is 24.4 Å². The number of nitrogens with one attached hydrogen (secondary N) is 1. The molecule has 0 radical (unpaired) electrons. The molecule has 1 aromatic carbocycles. The van der Waals surface area contributed by atoms with E-state index in [9.17, 15) is 9.18 Å².